The number of thiazole rings is 1. The van der Waals surface area contributed by atoms with Crippen LogP contribution in [0.2, 0.25) is 0 Å². The standard InChI is InChI=1S/C14H17BrN2O2S/c1-4-19-9-5-6-10-11(7-9)20-14(16-10)17-13(18)12(15)8(2)3/h5-8,12H,4H2,1-3H3,(H,16,17,18)/t12-/m0/s1. The quantitative estimate of drug-likeness (QED) is 0.822. The lowest BCUT2D eigenvalue weighted by molar-refractivity contribution is -0.116. The van der Waals surface area contributed by atoms with Gasteiger partial charge in [-0.15, -0.1) is 0 Å². The van der Waals surface area contributed by atoms with E-state index in [2.05, 4.69) is 26.2 Å². The summed E-state index contributed by atoms with van der Waals surface area (Å²) in [5, 5.41) is 3.46. The first-order chi connectivity index (χ1) is 9.51. The van der Waals surface area contributed by atoms with Crippen LogP contribution in [-0.2, 0) is 4.79 Å². The highest BCUT2D eigenvalue weighted by Gasteiger charge is 2.19. The molecule has 108 valence electrons. The summed E-state index contributed by atoms with van der Waals surface area (Å²) in [6, 6.07) is 5.74. The Morgan fingerprint density at radius 2 is 2.25 bits per heavy atom. The summed E-state index contributed by atoms with van der Waals surface area (Å²) in [6.45, 7) is 6.57. The van der Waals surface area contributed by atoms with Crippen molar-refractivity contribution in [2.75, 3.05) is 11.9 Å². The van der Waals surface area contributed by atoms with Crippen LogP contribution in [0.25, 0.3) is 10.2 Å². The molecule has 0 aliphatic rings. The fraction of sp³-hybridized carbons (Fsp3) is 0.429. The predicted molar refractivity (Wildman–Crippen MR) is 87.0 cm³/mol. The van der Waals surface area contributed by atoms with E-state index in [-0.39, 0.29) is 16.7 Å². The van der Waals surface area contributed by atoms with Crippen LogP contribution in [0.15, 0.2) is 18.2 Å². The van der Waals surface area contributed by atoms with Crippen LogP contribution in [0.4, 0.5) is 5.13 Å². The van der Waals surface area contributed by atoms with Crippen LogP contribution >= 0.6 is 27.3 Å². The minimum atomic E-state index is -0.214. The van der Waals surface area contributed by atoms with E-state index in [0.717, 1.165) is 16.0 Å². The molecule has 1 aromatic heterocycles. The van der Waals surface area contributed by atoms with Crippen molar-refractivity contribution in [1.82, 2.24) is 4.98 Å². The summed E-state index contributed by atoms with van der Waals surface area (Å²) >= 11 is 4.84. The van der Waals surface area contributed by atoms with Crippen molar-refractivity contribution in [1.29, 1.82) is 0 Å². The molecule has 0 saturated carbocycles. The number of rotatable bonds is 5. The molecule has 20 heavy (non-hydrogen) atoms. The monoisotopic (exact) mass is 356 g/mol. The molecule has 0 bridgehead atoms. The molecule has 0 saturated heterocycles. The van der Waals surface area contributed by atoms with Crippen LogP contribution in [0.3, 0.4) is 0 Å². The lowest BCUT2D eigenvalue weighted by Crippen LogP contribution is -2.26. The number of fused-ring (bicyclic) bond motifs is 1. The van der Waals surface area contributed by atoms with Crippen LogP contribution in [0, 0.1) is 5.92 Å². The summed E-state index contributed by atoms with van der Waals surface area (Å²) < 4.78 is 6.46. The molecule has 6 heteroatoms. The third kappa shape index (κ3) is 3.49. The van der Waals surface area contributed by atoms with E-state index in [1.165, 1.54) is 11.3 Å². The molecule has 2 aromatic rings. The van der Waals surface area contributed by atoms with Gasteiger partial charge in [-0.2, -0.15) is 0 Å². The molecule has 0 spiro atoms. The Balaban J connectivity index is 2.17. The van der Waals surface area contributed by atoms with Crippen molar-refractivity contribution in [3.05, 3.63) is 18.2 Å². The van der Waals surface area contributed by atoms with Gasteiger partial charge in [0.05, 0.1) is 21.7 Å². The number of hydrogen-bond donors (Lipinski definition) is 1. The van der Waals surface area contributed by atoms with Crippen molar-refractivity contribution in [2.24, 2.45) is 5.92 Å². The van der Waals surface area contributed by atoms with Gasteiger partial charge in [-0.25, -0.2) is 4.98 Å². The van der Waals surface area contributed by atoms with Gasteiger partial charge >= 0.3 is 0 Å². The molecule has 0 aliphatic carbocycles. The van der Waals surface area contributed by atoms with E-state index in [1.807, 2.05) is 39.0 Å². The number of amides is 1. The maximum absolute atomic E-state index is 12.0. The average Bonchev–Trinajstić information content (AvgIpc) is 2.79. The Bertz CT molecular complexity index is 612. The van der Waals surface area contributed by atoms with Crippen molar-refractivity contribution in [2.45, 2.75) is 25.6 Å². The van der Waals surface area contributed by atoms with E-state index >= 15 is 0 Å². The first kappa shape index (κ1) is 15.3. The van der Waals surface area contributed by atoms with Crippen molar-refractivity contribution < 1.29 is 9.53 Å². The molecule has 0 unspecified atom stereocenters. The summed E-state index contributed by atoms with van der Waals surface area (Å²) in [7, 11) is 0. The molecule has 2 rings (SSSR count). The topological polar surface area (TPSA) is 51.2 Å². The van der Waals surface area contributed by atoms with Gasteiger partial charge in [-0.05, 0) is 31.0 Å². The van der Waals surface area contributed by atoms with E-state index in [1.54, 1.807) is 0 Å². The van der Waals surface area contributed by atoms with Gasteiger partial charge in [0.15, 0.2) is 5.13 Å². The molecular weight excluding hydrogens is 340 g/mol. The summed E-state index contributed by atoms with van der Waals surface area (Å²) in [5.74, 6) is 0.986. The lowest BCUT2D eigenvalue weighted by Gasteiger charge is -2.11. The third-order valence-corrected chi connectivity index (χ3v) is 5.14. The number of alkyl halides is 1. The number of nitrogens with zero attached hydrogens (tertiary/aromatic N) is 1. The van der Waals surface area contributed by atoms with Crippen molar-refractivity contribution in [3.8, 4) is 5.75 Å². The second kappa shape index (κ2) is 6.54. The summed E-state index contributed by atoms with van der Waals surface area (Å²) in [6.07, 6.45) is 0. The van der Waals surface area contributed by atoms with Gasteiger partial charge < -0.3 is 10.1 Å². The largest absolute Gasteiger partial charge is 0.494 e. The number of benzene rings is 1. The average molecular weight is 357 g/mol. The van der Waals surface area contributed by atoms with Crippen molar-refractivity contribution in [3.63, 3.8) is 0 Å². The highest BCUT2D eigenvalue weighted by molar-refractivity contribution is 9.10. The SMILES string of the molecule is CCOc1ccc2nc(NC(=O)[C@@H](Br)C(C)C)sc2c1. The van der Waals surface area contributed by atoms with Crippen LogP contribution in [0.5, 0.6) is 5.75 Å². The number of anilines is 1. The molecule has 1 aromatic carbocycles. The maximum atomic E-state index is 12.0. The third-order valence-electron chi connectivity index (χ3n) is 2.74. The number of nitrogens with one attached hydrogen (secondary N) is 1. The Labute approximate surface area is 130 Å². The Hall–Kier alpha value is -1.14. The number of hydrogen-bond acceptors (Lipinski definition) is 4. The number of ether oxygens (including phenoxy) is 1. The molecule has 0 aliphatic heterocycles. The molecule has 1 heterocycles. The second-order valence-corrected chi connectivity index (χ2v) is 6.73. The van der Waals surface area contributed by atoms with Crippen molar-refractivity contribution >= 4 is 48.5 Å². The van der Waals surface area contributed by atoms with Gasteiger partial charge in [-0.3, -0.25) is 4.79 Å². The number of carbonyl (C=O) groups excluding carboxylic acids is 1. The first-order valence-corrected chi connectivity index (χ1v) is 8.22. The van der Waals surface area contributed by atoms with Gasteiger partial charge in [0.2, 0.25) is 5.91 Å². The normalized spacial score (nSPS) is 12.7. The van der Waals surface area contributed by atoms with Crippen LogP contribution in [-0.4, -0.2) is 22.3 Å². The Kier molecular flexibility index (Phi) is 4.99. The maximum Gasteiger partial charge on any atom is 0.240 e. The Morgan fingerprint density at radius 1 is 1.50 bits per heavy atom. The van der Waals surface area contributed by atoms with E-state index in [4.69, 9.17) is 4.74 Å². The smallest absolute Gasteiger partial charge is 0.240 e. The van der Waals surface area contributed by atoms with E-state index < -0.39 is 0 Å². The highest BCUT2D eigenvalue weighted by Crippen LogP contribution is 2.29. The minimum absolute atomic E-state index is 0.0657. The molecule has 0 fully saturated rings. The molecular formula is C14H17BrN2O2S. The minimum Gasteiger partial charge on any atom is -0.494 e. The fourth-order valence-corrected chi connectivity index (χ4v) is 2.70. The first-order valence-electron chi connectivity index (χ1n) is 6.49. The second-order valence-electron chi connectivity index (χ2n) is 4.72. The molecule has 1 amide bonds. The van der Waals surface area contributed by atoms with Gasteiger partial charge in [0.25, 0.3) is 0 Å². The fourth-order valence-electron chi connectivity index (χ4n) is 1.69. The zero-order chi connectivity index (χ0) is 14.7. The Morgan fingerprint density at radius 3 is 2.90 bits per heavy atom. The lowest BCUT2D eigenvalue weighted by atomic mass is 10.1. The molecule has 1 atom stereocenters. The summed E-state index contributed by atoms with van der Waals surface area (Å²) in [5.41, 5.74) is 0.865. The molecule has 4 nitrogen and oxygen atoms in total. The van der Waals surface area contributed by atoms with E-state index in [0.29, 0.717) is 11.7 Å². The zero-order valence-electron chi connectivity index (χ0n) is 11.6. The molecule has 0 radical (unpaired) electrons. The van der Waals surface area contributed by atoms with E-state index in [9.17, 15) is 4.79 Å². The van der Waals surface area contributed by atoms with Gasteiger partial charge in [0, 0.05) is 0 Å². The number of carbonyl (C=O) groups is 1. The molecule has 1 N–H and O–H groups in total. The zero-order valence-corrected chi connectivity index (χ0v) is 14.0. The number of aromatic nitrogens is 1. The van der Waals surface area contributed by atoms with Crippen LogP contribution in [0.1, 0.15) is 20.8 Å². The van der Waals surface area contributed by atoms with Gasteiger partial charge in [-0.1, -0.05) is 41.1 Å². The number of halogens is 1. The predicted octanol–water partition coefficient (Wildman–Crippen LogP) is 4.05. The van der Waals surface area contributed by atoms with Gasteiger partial charge in [0.1, 0.15) is 5.75 Å². The van der Waals surface area contributed by atoms with Crippen LogP contribution < -0.4 is 10.1 Å². The summed E-state index contributed by atoms with van der Waals surface area (Å²) in [4.78, 5) is 16.2. The highest BCUT2D eigenvalue weighted by atomic mass is 79.9.